The maximum absolute atomic E-state index is 12.8. The number of piperidine rings is 1. The Morgan fingerprint density at radius 1 is 1.32 bits per heavy atom. The van der Waals surface area contributed by atoms with E-state index in [1.54, 1.807) is 23.4 Å². The summed E-state index contributed by atoms with van der Waals surface area (Å²) in [5.74, 6) is -0.193. The first-order chi connectivity index (χ1) is 11.9. The zero-order valence-electron chi connectivity index (χ0n) is 13.6. The van der Waals surface area contributed by atoms with Gasteiger partial charge in [-0.25, -0.2) is 4.98 Å². The quantitative estimate of drug-likeness (QED) is 0.898. The van der Waals surface area contributed by atoms with Crippen molar-refractivity contribution in [3.63, 3.8) is 0 Å². The van der Waals surface area contributed by atoms with Gasteiger partial charge in [-0.2, -0.15) is 13.2 Å². The van der Waals surface area contributed by atoms with E-state index in [0.717, 1.165) is 38.1 Å². The van der Waals surface area contributed by atoms with Crippen LogP contribution in [0.4, 0.5) is 13.2 Å². The molecule has 1 fully saturated rings. The lowest BCUT2D eigenvalue weighted by atomic mass is 10.1. The molecular weight excluding hydrogens is 351 g/mol. The minimum atomic E-state index is -4.40. The summed E-state index contributed by atoms with van der Waals surface area (Å²) < 4.78 is 38.5. The third-order valence-electron chi connectivity index (χ3n) is 4.34. The number of carbonyl (C=O) groups is 1. The van der Waals surface area contributed by atoms with Gasteiger partial charge in [-0.1, -0.05) is 12.1 Å². The molecule has 1 aliphatic heterocycles. The molecule has 0 saturated carbocycles. The fraction of sp³-hybridized carbons (Fsp3) is 0.412. The summed E-state index contributed by atoms with van der Waals surface area (Å²) in [6.45, 7) is 1.74. The molecule has 8 heteroatoms. The molecular formula is C17H18F3N3OS. The molecule has 0 atom stereocenters. The standard InChI is InChI=1S/C17H18F3N3OS/c1-23(13-5-7-21-8-6-13)16(24)14-10-25-15(22-14)11-3-2-4-12(9-11)17(18,19)20/h2-4,9-10,13,21H,5-8H2,1H3. The number of nitrogens with zero attached hydrogens (tertiary/aromatic N) is 2. The molecule has 1 saturated heterocycles. The summed E-state index contributed by atoms with van der Waals surface area (Å²) in [5.41, 5.74) is -0.0817. The highest BCUT2D eigenvalue weighted by Crippen LogP contribution is 2.33. The molecule has 2 heterocycles. The number of halogens is 3. The predicted octanol–water partition coefficient (Wildman–Crippen LogP) is 3.65. The number of carbonyl (C=O) groups excluding carboxylic acids is 1. The lowest BCUT2D eigenvalue weighted by molar-refractivity contribution is -0.137. The van der Waals surface area contributed by atoms with Crippen molar-refractivity contribution in [2.75, 3.05) is 20.1 Å². The van der Waals surface area contributed by atoms with E-state index in [9.17, 15) is 18.0 Å². The Balaban J connectivity index is 1.79. The lowest BCUT2D eigenvalue weighted by Gasteiger charge is -2.31. The Labute approximate surface area is 147 Å². The number of hydrogen-bond acceptors (Lipinski definition) is 4. The minimum Gasteiger partial charge on any atom is -0.337 e. The predicted molar refractivity (Wildman–Crippen MR) is 90.5 cm³/mol. The van der Waals surface area contributed by atoms with Gasteiger partial charge in [0.1, 0.15) is 10.7 Å². The van der Waals surface area contributed by atoms with Crippen molar-refractivity contribution in [2.24, 2.45) is 0 Å². The van der Waals surface area contributed by atoms with Gasteiger partial charge < -0.3 is 10.2 Å². The Bertz CT molecular complexity index is 754. The van der Waals surface area contributed by atoms with Crippen LogP contribution in [0, 0.1) is 0 Å². The second-order valence-electron chi connectivity index (χ2n) is 6.01. The van der Waals surface area contributed by atoms with Gasteiger partial charge in [0.05, 0.1) is 5.56 Å². The molecule has 1 aliphatic rings. The average Bonchev–Trinajstić information content (AvgIpc) is 3.11. The second kappa shape index (κ2) is 7.13. The Morgan fingerprint density at radius 3 is 2.72 bits per heavy atom. The summed E-state index contributed by atoms with van der Waals surface area (Å²) in [5, 5.41) is 5.26. The molecule has 0 unspecified atom stereocenters. The number of nitrogens with one attached hydrogen (secondary N) is 1. The fourth-order valence-electron chi connectivity index (χ4n) is 2.87. The van der Waals surface area contributed by atoms with Gasteiger partial charge in [0, 0.05) is 24.0 Å². The normalized spacial score (nSPS) is 16.0. The zero-order chi connectivity index (χ0) is 18.0. The number of rotatable bonds is 3. The van der Waals surface area contributed by atoms with Crippen LogP contribution in [0.2, 0.25) is 0 Å². The van der Waals surface area contributed by atoms with E-state index in [1.807, 2.05) is 0 Å². The SMILES string of the molecule is CN(C(=O)c1csc(-c2cccc(C(F)(F)F)c2)n1)C1CCNCC1. The highest BCUT2D eigenvalue weighted by atomic mass is 32.1. The second-order valence-corrected chi connectivity index (χ2v) is 6.87. The first-order valence-electron chi connectivity index (χ1n) is 7.97. The maximum atomic E-state index is 12.8. The highest BCUT2D eigenvalue weighted by Gasteiger charge is 2.31. The van der Waals surface area contributed by atoms with Gasteiger partial charge in [0.15, 0.2) is 0 Å². The highest BCUT2D eigenvalue weighted by molar-refractivity contribution is 7.13. The van der Waals surface area contributed by atoms with Crippen LogP contribution in [-0.2, 0) is 6.18 Å². The third kappa shape index (κ3) is 4.01. The number of aromatic nitrogens is 1. The summed E-state index contributed by atoms with van der Waals surface area (Å²) in [4.78, 5) is 18.5. The molecule has 3 rings (SSSR count). The first-order valence-corrected chi connectivity index (χ1v) is 8.85. The largest absolute Gasteiger partial charge is 0.416 e. The van der Waals surface area contributed by atoms with Crippen molar-refractivity contribution in [3.05, 3.63) is 40.9 Å². The summed E-state index contributed by atoms with van der Waals surface area (Å²) in [6, 6.07) is 5.16. The van der Waals surface area contributed by atoms with E-state index in [4.69, 9.17) is 0 Å². The fourth-order valence-corrected chi connectivity index (χ4v) is 3.66. The van der Waals surface area contributed by atoms with E-state index in [0.29, 0.717) is 10.6 Å². The van der Waals surface area contributed by atoms with Gasteiger partial charge in [-0.15, -0.1) is 11.3 Å². The van der Waals surface area contributed by atoms with Crippen molar-refractivity contribution in [1.29, 1.82) is 0 Å². The van der Waals surface area contributed by atoms with E-state index >= 15 is 0 Å². The van der Waals surface area contributed by atoms with Crippen LogP contribution in [0.25, 0.3) is 10.6 Å². The number of benzene rings is 1. The smallest absolute Gasteiger partial charge is 0.337 e. The van der Waals surface area contributed by atoms with Gasteiger partial charge in [0.2, 0.25) is 0 Å². The van der Waals surface area contributed by atoms with Crippen LogP contribution in [0.15, 0.2) is 29.6 Å². The lowest BCUT2D eigenvalue weighted by Crippen LogP contribution is -2.44. The molecule has 0 spiro atoms. The molecule has 1 aromatic carbocycles. The molecule has 1 aromatic heterocycles. The van der Waals surface area contributed by atoms with E-state index in [-0.39, 0.29) is 17.6 Å². The van der Waals surface area contributed by atoms with Crippen LogP contribution in [-0.4, -0.2) is 42.0 Å². The van der Waals surface area contributed by atoms with Gasteiger partial charge >= 0.3 is 6.18 Å². The van der Waals surface area contributed by atoms with Crippen molar-refractivity contribution >= 4 is 17.2 Å². The van der Waals surface area contributed by atoms with Crippen molar-refractivity contribution in [1.82, 2.24) is 15.2 Å². The summed E-state index contributed by atoms with van der Waals surface area (Å²) >= 11 is 1.18. The van der Waals surface area contributed by atoms with Crippen molar-refractivity contribution < 1.29 is 18.0 Å². The van der Waals surface area contributed by atoms with Crippen LogP contribution >= 0.6 is 11.3 Å². The number of thiazole rings is 1. The Hall–Kier alpha value is -1.93. The van der Waals surface area contributed by atoms with E-state index in [2.05, 4.69) is 10.3 Å². The molecule has 2 aromatic rings. The number of alkyl halides is 3. The van der Waals surface area contributed by atoms with Crippen LogP contribution < -0.4 is 5.32 Å². The minimum absolute atomic E-state index is 0.160. The van der Waals surface area contributed by atoms with Crippen molar-refractivity contribution in [3.8, 4) is 10.6 Å². The number of amides is 1. The maximum Gasteiger partial charge on any atom is 0.416 e. The zero-order valence-corrected chi connectivity index (χ0v) is 14.5. The molecule has 0 bridgehead atoms. The summed E-state index contributed by atoms with van der Waals surface area (Å²) in [6.07, 6.45) is -2.64. The van der Waals surface area contributed by atoms with Crippen LogP contribution in [0.3, 0.4) is 0 Å². The molecule has 0 aliphatic carbocycles. The number of hydrogen-bond donors (Lipinski definition) is 1. The average molecular weight is 369 g/mol. The Kier molecular flexibility index (Phi) is 5.10. The van der Waals surface area contributed by atoms with Gasteiger partial charge in [-0.3, -0.25) is 4.79 Å². The summed E-state index contributed by atoms with van der Waals surface area (Å²) in [7, 11) is 1.75. The van der Waals surface area contributed by atoms with Crippen LogP contribution in [0.1, 0.15) is 28.9 Å². The van der Waals surface area contributed by atoms with E-state index < -0.39 is 11.7 Å². The first kappa shape index (κ1) is 17.9. The molecule has 25 heavy (non-hydrogen) atoms. The molecule has 1 N–H and O–H groups in total. The molecule has 4 nitrogen and oxygen atoms in total. The van der Waals surface area contributed by atoms with Gasteiger partial charge in [0.25, 0.3) is 5.91 Å². The molecule has 134 valence electrons. The third-order valence-corrected chi connectivity index (χ3v) is 5.23. The van der Waals surface area contributed by atoms with Crippen molar-refractivity contribution in [2.45, 2.75) is 25.1 Å². The van der Waals surface area contributed by atoms with Gasteiger partial charge in [-0.05, 0) is 38.1 Å². The molecule has 1 amide bonds. The van der Waals surface area contributed by atoms with Crippen LogP contribution in [0.5, 0.6) is 0 Å². The molecule has 0 radical (unpaired) electrons. The Morgan fingerprint density at radius 2 is 2.04 bits per heavy atom. The topological polar surface area (TPSA) is 45.2 Å². The monoisotopic (exact) mass is 369 g/mol. The van der Waals surface area contributed by atoms with E-state index in [1.165, 1.54) is 17.4 Å².